The minimum absolute atomic E-state index is 1.00. The molecule has 0 aliphatic rings. The molecule has 0 saturated heterocycles. The summed E-state index contributed by atoms with van der Waals surface area (Å²) in [5.41, 5.74) is 7.00. The summed E-state index contributed by atoms with van der Waals surface area (Å²) in [6.07, 6.45) is 2.01. The lowest BCUT2D eigenvalue weighted by Gasteiger charge is -2.11. The summed E-state index contributed by atoms with van der Waals surface area (Å²) >= 11 is 0. The monoisotopic (exact) mass is 272 g/mol. The predicted octanol–water partition coefficient (Wildman–Crippen LogP) is 5.18. The Morgan fingerprint density at radius 3 is 1.71 bits per heavy atom. The van der Waals surface area contributed by atoms with Gasteiger partial charge in [0.15, 0.2) is 0 Å². The van der Waals surface area contributed by atoms with E-state index in [1.807, 2.05) is 0 Å². The third kappa shape index (κ3) is 3.41. The molecule has 0 heteroatoms. The molecule has 0 bridgehead atoms. The maximum absolute atomic E-state index is 2.25. The molecule has 0 heterocycles. The maximum atomic E-state index is 2.25. The molecule has 0 aliphatic heterocycles. The van der Waals surface area contributed by atoms with Gasteiger partial charge in [0.25, 0.3) is 0 Å². The maximum Gasteiger partial charge on any atom is -0.00203 e. The van der Waals surface area contributed by atoms with Crippen LogP contribution in [0.5, 0.6) is 0 Å². The van der Waals surface area contributed by atoms with Crippen LogP contribution >= 0.6 is 0 Å². The molecule has 0 spiro atoms. The Morgan fingerprint density at radius 1 is 0.524 bits per heavy atom. The zero-order valence-corrected chi connectivity index (χ0v) is 12.4. The largest absolute Gasteiger partial charge is 0.0622 e. The molecule has 0 amide bonds. The van der Waals surface area contributed by atoms with Crippen molar-refractivity contribution in [3.8, 4) is 0 Å². The van der Waals surface area contributed by atoms with E-state index < -0.39 is 0 Å². The summed E-state index contributed by atoms with van der Waals surface area (Å²) in [5.74, 6) is 0. The van der Waals surface area contributed by atoms with Gasteiger partial charge in [-0.2, -0.15) is 0 Å². The first-order valence-electron chi connectivity index (χ1n) is 7.48. The summed E-state index contributed by atoms with van der Waals surface area (Å²) in [6, 6.07) is 28.1. The van der Waals surface area contributed by atoms with Crippen LogP contribution in [-0.4, -0.2) is 0 Å². The summed E-state index contributed by atoms with van der Waals surface area (Å²) in [6.45, 7) is 2.19. The van der Waals surface area contributed by atoms with E-state index in [1.54, 1.807) is 0 Å². The third-order valence-electron chi connectivity index (χ3n) is 4.00. The van der Waals surface area contributed by atoms with Gasteiger partial charge in [-0.1, -0.05) is 78.9 Å². The first-order chi connectivity index (χ1) is 10.3. The summed E-state index contributed by atoms with van der Waals surface area (Å²) in [5, 5.41) is 0. The molecule has 3 aromatic rings. The third-order valence-corrected chi connectivity index (χ3v) is 4.00. The molecule has 0 saturated carbocycles. The smallest absolute Gasteiger partial charge is 0.00203 e. The number of hydrogen-bond donors (Lipinski definition) is 0. The fraction of sp³-hybridized carbons (Fsp3) is 0.143. The van der Waals surface area contributed by atoms with E-state index >= 15 is 0 Å². The second-order valence-corrected chi connectivity index (χ2v) is 5.53. The SMILES string of the molecule is Cc1ccccc1Cc1ccccc1Cc1ccccc1. The topological polar surface area (TPSA) is 0 Å². The fourth-order valence-corrected chi connectivity index (χ4v) is 2.73. The minimum atomic E-state index is 1.00. The van der Waals surface area contributed by atoms with Gasteiger partial charge in [-0.3, -0.25) is 0 Å². The molecule has 3 rings (SSSR count). The molecule has 0 fully saturated rings. The van der Waals surface area contributed by atoms with Gasteiger partial charge in [0.1, 0.15) is 0 Å². The molecule has 0 nitrogen and oxygen atoms in total. The van der Waals surface area contributed by atoms with E-state index in [0.717, 1.165) is 12.8 Å². The highest BCUT2D eigenvalue weighted by Gasteiger charge is 2.05. The minimum Gasteiger partial charge on any atom is -0.0622 e. The Morgan fingerprint density at radius 2 is 1.05 bits per heavy atom. The second-order valence-electron chi connectivity index (χ2n) is 5.53. The molecule has 0 unspecified atom stereocenters. The van der Waals surface area contributed by atoms with Gasteiger partial charge in [0, 0.05) is 0 Å². The molecule has 0 radical (unpaired) electrons. The van der Waals surface area contributed by atoms with E-state index in [-0.39, 0.29) is 0 Å². The van der Waals surface area contributed by atoms with Crippen LogP contribution in [-0.2, 0) is 12.8 Å². The molecule has 21 heavy (non-hydrogen) atoms. The average Bonchev–Trinajstić information content (AvgIpc) is 2.52. The van der Waals surface area contributed by atoms with Gasteiger partial charge in [0.2, 0.25) is 0 Å². The number of rotatable bonds is 4. The standard InChI is InChI=1S/C21H20/c1-17-9-5-6-12-19(17)16-21-14-8-7-13-20(21)15-18-10-3-2-4-11-18/h2-14H,15-16H2,1H3. The Kier molecular flexibility index (Phi) is 4.16. The number of benzene rings is 3. The van der Waals surface area contributed by atoms with Crippen LogP contribution in [0.1, 0.15) is 27.8 Å². The molecule has 104 valence electrons. The van der Waals surface area contributed by atoms with Gasteiger partial charge in [-0.15, -0.1) is 0 Å². The lowest BCUT2D eigenvalue weighted by molar-refractivity contribution is 1.08. The molecule has 0 atom stereocenters. The Balaban J connectivity index is 1.88. The van der Waals surface area contributed by atoms with E-state index in [9.17, 15) is 0 Å². The normalized spacial score (nSPS) is 10.5. The highest BCUT2D eigenvalue weighted by atomic mass is 14.1. The molecule has 0 aliphatic carbocycles. The van der Waals surface area contributed by atoms with E-state index in [1.165, 1.54) is 27.8 Å². The van der Waals surface area contributed by atoms with Crippen molar-refractivity contribution in [3.63, 3.8) is 0 Å². The Bertz CT molecular complexity index is 711. The second kappa shape index (κ2) is 6.41. The van der Waals surface area contributed by atoms with Crippen molar-refractivity contribution in [2.75, 3.05) is 0 Å². The average molecular weight is 272 g/mol. The van der Waals surface area contributed by atoms with Crippen LogP contribution in [0.15, 0.2) is 78.9 Å². The van der Waals surface area contributed by atoms with Crippen LogP contribution in [0.4, 0.5) is 0 Å². The predicted molar refractivity (Wildman–Crippen MR) is 89.7 cm³/mol. The first kappa shape index (κ1) is 13.6. The van der Waals surface area contributed by atoms with Gasteiger partial charge in [0.05, 0.1) is 0 Å². The van der Waals surface area contributed by atoms with Crippen molar-refractivity contribution in [3.05, 3.63) is 107 Å². The van der Waals surface area contributed by atoms with Crippen LogP contribution in [0.2, 0.25) is 0 Å². The van der Waals surface area contributed by atoms with Crippen molar-refractivity contribution in [1.29, 1.82) is 0 Å². The van der Waals surface area contributed by atoms with E-state index in [2.05, 4.69) is 85.8 Å². The molecule has 0 aromatic heterocycles. The first-order valence-corrected chi connectivity index (χ1v) is 7.48. The van der Waals surface area contributed by atoms with Gasteiger partial charge in [-0.05, 0) is 47.6 Å². The number of hydrogen-bond acceptors (Lipinski definition) is 0. The Hall–Kier alpha value is -2.34. The summed E-state index contributed by atoms with van der Waals surface area (Å²) in [4.78, 5) is 0. The molecular weight excluding hydrogens is 252 g/mol. The van der Waals surface area contributed by atoms with Gasteiger partial charge in [-0.25, -0.2) is 0 Å². The molecule has 3 aromatic carbocycles. The quantitative estimate of drug-likeness (QED) is 0.614. The lowest BCUT2D eigenvalue weighted by atomic mass is 9.94. The van der Waals surface area contributed by atoms with Crippen LogP contribution in [0.25, 0.3) is 0 Å². The zero-order chi connectivity index (χ0) is 14.5. The van der Waals surface area contributed by atoms with Crippen molar-refractivity contribution in [2.24, 2.45) is 0 Å². The number of aryl methyl sites for hydroxylation is 1. The van der Waals surface area contributed by atoms with Crippen molar-refractivity contribution < 1.29 is 0 Å². The van der Waals surface area contributed by atoms with E-state index in [0.29, 0.717) is 0 Å². The van der Waals surface area contributed by atoms with E-state index in [4.69, 9.17) is 0 Å². The van der Waals surface area contributed by atoms with Crippen LogP contribution < -0.4 is 0 Å². The zero-order valence-electron chi connectivity index (χ0n) is 12.4. The van der Waals surface area contributed by atoms with Crippen LogP contribution in [0, 0.1) is 6.92 Å². The lowest BCUT2D eigenvalue weighted by Crippen LogP contribution is -1.98. The highest BCUT2D eigenvalue weighted by molar-refractivity contribution is 5.38. The van der Waals surface area contributed by atoms with Crippen molar-refractivity contribution in [1.82, 2.24) is 0 Å². The highest BCUT2D eigenvalue weighted by Crippen LogP contribution is 2.19. The van der Waals surface area contributed by atoms with Gasteiger partial charge < -0.3 is 0 Å². The van der Waals surface area contributed by atoms with Crippen molar-refractivity contribution >= 4 is 0 Å². The van der Waals surface area contributed by atoms with Crippen molar-refractivity contribution in [2.45, 2.75) is 19.8 Å². The van der Waals surface area contributed by atoms with Gasteiger partial charge >= 0.3 is 0 Å². The van der Waals surface area contributed by atoms with Crippen LogP contribution in [0.3, 0.4) is 0 Å². The summed E-state index contributed by atoms with van der Waals surface area (Å²) in [7, 11) is 0. The Labute approximate surface area is 127 Å². The summed E-state index contributed by atoms with van der Waals surface area (Å²) < 4.78 is 0. The molecule has 0 N–H and O–H groups in total. The fourth-order valence-electron chi connectivity index (χ4n) is 2.73. The molecular formula is C21H20.